The number of allylic oxidation sites excluding steroid dienone is 1. The Morgan fingerprint density at radius 2 is 1.57 bits per heavy atom. The van der Waals surface area contributed by atoms with Gasteiger partial charge in [-0.2, -0.15) is 0 Å². The number of carbonyl (C=O) groups excluding carboxylic acids is 3. The number of hydrogen-bond donors (Lipinski definition) is 4. The quantitative estimate of drug-likeness (QED) is 0.0826. The van der Waals surface area contributed by atoms with Crippen molar-refractivity contribution in [2.45, 2.75) is 78.2 Å². The molecule has 3 amide bonds. The van der Waals surface area contributed by atoms with Crippen molar-refractivity contribution in [1.29, 1.82) is 0 Å². The summed E-state index contributed by atoms with van der Waals surface area (Å²) in [7, 11) is -1.59. The van der Waals surface area contributed by atoms with Crippen LogP contribution in [0.25, 0.3) is 11.1 Å². The number of benzene rings is 3. The lowest BCUT2D eigenvalue weighted by Crippen LogP contribution is -2.54. The van der Waals surface area contributed by atoms with Gasteiger partial charge in [-0.1, -0.05) is 92.6 Å². The number of amides is 3. The van der Waals surface area contributed by atoms with Crippen molar-refractivity contribution in [2.24, 2.45) is 11.8 Å². The van der Waals surface area contributed by atoms with Gasteiger partial charge in [-0.3, -0.25) is 19.1 Å². The highest BCUT2D eigenvalue weighted by Gasteiger charge is 2.36. The van der Waals surface area contributed by atoms with Crippen LogP contribution in [0.4, 0.5) is 10.5 Å². The van der Waals surface area contributed by atoms with Crippen molar-refractivity contribution in [3.63, 3.8) is 0 Å². The summed E-state index contributed by atoms with van der Waals surface area (Å²) in [5.74, 6) is -0.653. The van der Waals surface area contributed by atoms with Crippen LogP contribution in [-0.4, -0.2) is 66.4 Å². The molecular weight excluding hydrogens is 691 g/mol. The van der Waals surface area contributed by atoms with Crippen LogP contribution in [0.2, 0.25) is 0 Å². The first-order valence-corrected chi connectivity index (χ1v) is 20.3. The molecule has 0 bridgehead atoms. The second-order valence-electron chi connectivity index (χ2n) is 14.5. The molecule has 2 aliphatic rings. The third kappa shape index (κ3) is 10.2. The molecule has 3 aromatic rings. The monoisotopic (exact) mass is 744 g/mol. The molecule has 11 nitrogen and oxygen atoms in total. The van der Waals surface area contributed by atoms with Crippen molar-refractivity contribution in [3.05, 3.63) is 101 Å². The Hall–Kier alpha value is -4.28. The molecule has 0 aromatic heterocycles. The van der Waals surface area contributed by atoms with Crippen molar-refractivity contribution in [3.8, 4) is 11.1 Å². The molecule has 0 radical (unpaired) electrons. The maximum atomic E-state index is 13.7. The number of hydrogen-bond acceptors (Lipinski definition) is 7. The van der Waals surface area contributed by atoms with Crippen LogP contribution in [0.15, 0.2) is 84.4 Å². The topological polar surface area (TPSA) is 146 Å². The molecule has 0 spiro atoms. The van der Waals surface area contributed by atoms with Crippen LogP contribution in [0, 0.1) is 11.8 Å². The summed E-state index contributed by atoms with van der Waals surface area (Å²) in [6.07, 6.45) is 4.95. The third-order valence-electron chi connectivity index (χ3n) is 10.0. The Bertz CT molecular complexity index is 1780. The van der Waals surface area contributed by atoms with Crippen molar-refractivity contribution in [2.75, 3.05) is 31.7 Å². The highest BCUT2D eigenvalue weighted by molar-refractivity contribution is 7.56. The van der Waals surface area contributed by atoms with Gasteiger partial charge in [-0.05, 0) is 73.8 Å². The molecule has 12 heteroatoms. The van der Waals surface area contributed by atoms with Gasteiger partial charge in [-0.25, -0.2) is 9.88 Å². The molecule has 5 rings (SSSR count). The lowest BCUT2D eigenvalue weighted by Gasteiger charge is -2.31. The average Bonchev–Trinajstić information content (AvgIpc) is 3.43. The summed E-state index contributed by atoms with van der Waals surface area (Å²) in [4.78, 5) is 41.5. The zero-order valence-electron chi connectivity index (χ0n) is 31.3. The van der Waals surface area contributed by atoms with E-state index in [-0.39, 0.29) is 19.1 Å². The van der Waals surface area contributed by atoms with Gasteiger partial charge in [-0.15, -0.1) is 0 Å². The van der Waals surface area contributed by atoms with Crippen molar-refractivity contribution in [1.82, 2.24) is 15.3 Å². The molecule has 1 fully saturated rings. The molecule has 284 valence electrons. The van der Waals surface area contributed by atoms with Crippen LogP contribution in [0.1, 0.15) is 76.2 Å². The van der Waals surface area contributed by atoms with E-state index in [0.717, 1.165) is 46.2 Å². The Balaban J connectivity index is 1.14. The van der Waals surface area contributed by atoms with Crippen LogP contribution < -0.4 is 15.7 Å². The summed E-state index contributed by atoms with van der Waals surface area (Å²) in [6, 6.07) is 20.9. The van der Waals surface area contributed by atoms with E-state index in [4.69, 9.17) is 9.26 Å². The minimum absolute atomic E-state index is 0.0341. The van der Waals surface area contributed by atoms with E-state index in [1.807, 2.05) is 75.4 Å². The molecule has 0 heterocycles. The zero-order chi connectivity index (χ0) is 38.1. The van der Waals surface area contributed by atoms with Gasteiger partial charge in [0.2, 0.25) is 11.8 Å². The first kappa shape index (κ1) is 39.9. The van der Waals surface area contributed by atoms with Gasteiger partial charge < -0.3 is 25.0 Å². The van der Waals surface area contributed by atoms with Gasteiger partial charge in [0.25, 0.3) is 7.52 Å². The second-order valence-corrected chi connectivity index (χ2v) is 16.8. The predicted molar refractivity (Wildman–Crippen MR) is 207 cm³/mol. The van der Waals surface area contributed by atoms with Gasteiger partial charge in [0, 0.05) is 36.6 Å². The summed E-state index contributed by atoms with van der Waals surface area (Å²) < 4.78 is 25.7. The third-order valence-corrected chi connectivity index (χ3v) is 12.1. The maximum absolute atomic E-state index is 13.7. The van der Waals surface area contributed by atoms with E-state index in [1.165, 1.54) is 18.4 Å². The SMILES string of the molecule is C/C(=C\CCP(=O)(NCC1CCC1)OCc1ccc(NC(=O)[C@H](C)NC(=O)[C@H](C(C)C)N(C)C(=O)OC2c3ccccc3-c3ccccc32)cc1)CO. The van der Waals surface area contributed by atoms with E-state index >= 15 is 0 Å². The lowest BCUT2D eigenvalue weighted by molar-refractivity contribution is -0.130. The lowest BCUT2D eigenvalue weighted by atomic mass is 9.86. The Labute approximate surface area is 313 Å². The number of ether oxygens (including phenoxy) is 1. The van der Waals surface area contributed by atoms with Crippen molar-refractivity contribution < 1.29 is 33.3 Å². The largest absolute Gasteiger partial charge is 0.436 e. The van der Waals surface area contributed by atoms with Gasteiger partial charge in [0.15, 0.2) is 6.10 Å². The van der Waals surface area contributed by atoms with Gasteiger partial charge in [0.1, 0.15) is 12.1 Å². The van der Waals surface area contributed by atoms with Gasteiger partial charge in [0.05, 0.1) is 13.2 Å². The first-order valence-electron chi connectivity index (χ1n) is 18.5. The Morgan fingerprint density at radius 1 is 0.943 bits per heavy atom. The number of aliphatic hydroxyl groups excluding tert-OH is 1. The number of aliphatic hydroxyl groups is 1. The molecule has 0 aliphatic heterocycles. The fraction of sp³-hybridized carbons (Fsp3) is 0.439. The Morgan fingerprint density at radius 3 is 2.13 bits per heavy atom. The molecular formula is C41H53N4O7P. The van der Waals surface area contributed by atoms with E-state index in [9.17, 15) is 24.1 Å². The molecule has 2 aliphatic carbocycles. The zero-order valence-corrected chi connectivity index (χ0v) is 32.2. The molecule has 53 heavy (non-hydrogen) atoms. The molecule has 4 N–H and O–H groups in total. The van der Waals surface area contributed by atoms with Crippen LogP contribution in [0.3, 0.4) is 0 Å². The highest BCUT2D eigenvalue weighted by Crippen LogP contribution is 2.46. The average molecular weight is 745 g/mol. The molecule has 3 aromatic carbocycles. The van der Waals surface area contributed by atoms with E-state index in [0.29, 0.717) is 30.7 Å². The molecule has 1 saturated carbocycles. The number of carbonyl (C=O) groups is 3. The normalized spacial score (nSPS) is 16.5. The summed E-state index contributed by atoms with van der Waals surface area (Å²) >= 11 is 0. The van der Waals surface area contributed by atoms with Crippen LogP contribution >= 0.6 is 7.52 Å². The van der Waals surface area contributed by atoms with E-state index < -0.39 is 43.6 Å². The van der Waals surface area contributed by atoms with Crippen molar-refractivity contribution >= 4 is 31.1 Å². The first-order chi connectivity index (χ1) is 25.4. The van der Waals surface area contributed by atoms with Gasteiger partial charge >= 0.3 is 6.09 Å². The standard InChI is InChI=1S/C41H53N4O7P/c1-27(2)37(45(5)41(49)52-38-35-17-8-6-15-33(35)34-16-7-9-18-36(34)38)40(48)43-29(4)39(47)44-32-21-19-31(20-22-32)26-51-53(50,23-11-12-28(3)25-46)42-24-30-13-10-14-30/h6-9,12,15-22,27,29-30,37-38,46H,10-11,13-14,23-26H2,1-5H3,(H,42,50)(H,43,48)(H,44,47)/b28-12+/t29-,37-,53?/m0/s1. The number of anilines is 1. The second kappa shape index (κ2) is 18.2. The minimum Gasteiger partial charge on any atom is -0.436 e. The van der Waals surface area contributed by atoms with Crippen LogP contribution in [0.5, 0.6) is 0 Å². The summed E-state index contributed by atoms with van der Waals surface area (Å²) in [5.41, 5.74) is 5.94. The van der Waals surface area contributed by atoms with Crippen LogP contribution in [-0.2, 0) is 30.0 Å². The number of likely N-dealkylation sites (N-methyl/N-ethyl adjacent to an activating group) is 1. The predicted octanol–water partition coefficient (Wildman–Crippen LogP) is 7.42. The smallest absolute Gasteiger partial charge is 0.411 e. The molecule has 3 atom stereocenters. The number of nitrogens with zero attached hydrogens (tertiary/aromatic N) is 1. The van der Waals surface area contributed by atoms with E-state index in [2.05, 4.69) is 15.7 Å². The fourth-order valence-electron chi connectivity index (χ4n) is 6.64. The minimum atomic E-state index is -3.13. The number of nitrogens with one attached hydrogen (secondary N) is 3. The summed E-state index contributed by atoms with van der Waals surface area (Å²) in [6.45, 7) is 7.84. The maximum Gasteiger partial charge on any atom is 0.411 e. The Kier molecular flexibility index (Phi) is 13.7. The molecule has 0 saturated heterocycles. The van der Waals surface area contributed by atoms with E-state index in [1.54, 1.807) is 31.2 Å². The molecule has 1 unspecified atom stereocenters. The highest BCUT2D eigenvalue weighted by atomic mass is 31.2. The summed E-state index contributed by atoms with van der Waals surface area (Å²) in [5, 5.41) is 18.1. The number of fused-ring (bicyclic) bond motifs is 3. The number of rotatable bonds is 17. The fourth-order valence-corrected chi connectivity index (χ4v) is 8.38.